The molecule has 0 unspecified atom stereocenters. The van der Waals surface area contributed by atoms with Crippen LogP contribution in [-0.2, 0) is 13.1 Å². The zero-order chi connectivity index (χ0) is 20.6. The van der Waals surface area contributed by atoms with E-state index < -0.39 is 0 Å². The minimum Gasteiger partial charge on any atom is -0.345 e. The van der Waals surface area contributed by atoms with E-state index >= 15 is 0 Å². The molecule has 0 saturated heterocycles. The summed E-state index contributed by atoms with van der Waals surface area (Å²) in [4.78, 5) is 14.9. The molecular formula is C25H29FN2O. The Balaban J connectivity index is 1.80. The Morgan fingerprint density at radius 2 is 1.86 bits per heavy atom. The zero-order valence-corrected chi connectivity index (χ0v) is 17.3. The Morgan fingerprint density at radius 3 is 2.62 bits per heavy atom. The van der Waals surface area contributed by atoms with Gasteiger partial charge in [-0.1, -0.05) is 50.1 Å². The van der Waals surface area contributed by atoms with Gasteiger partial charge < -0.3 is 9.47 Å². The number of carbonyl (C=O) groups excluding carboxylic acids is 1. The average molecular weight is 393 g/mol. The summed E-state index contributed by atoms with van der Waals surface area (Å²) in [7, 11) is 0. The van der Waals surface area contributed by atoms with E-state index in [9.17, 15) is 9.18 Å². The topological polar surface area (TPSA) is 25.2 Å². The fourth-order valence-corrected chi connectivity index (χ4v) is 3.52. The largest absolute Gasteiger partial charge is 0.345 e. The second-order valence-electron chi connectivity index (χ2n) is 7.50. The van der Waals surface area contributed by atoms with Gasteiger partial charge in [0.05, 0.1) is 6.54 Å². The number of carbonyl (C=O) groups is 1. The van der Waals surface area contributed by atoms with E-state index in [4.69, 9.17) is 0 Å². The summed E-state index contributed by atoms with van der Waals surface area (Å²) in [6.07, 6.45) is 5.15. The Labute approximate surface area is 172 Å². The highest BCUT2D eigenvalue weighted by Crippen LogP contribution is 2.16. The predicted octanol–water partition coefficient (Wildman–Crippen LogP) is 5.82. The van der Waals surface area contributed by atoms with Crippen LogP contribution in [0.1, 0.15) is 53.4 Å². The van der Waals surface area contributed by atoms with Crippen LogP contribution in [0.3, 0.4) is 0 Å². The van der Waals surface area contributed by atoms with Crippen LogP contribution in [0.25, 0.3) is 0 Å². The van der Waals surface area contributed by atoms with Gasteiger partial charge in [0.1, 0.15) is 5.82 Å². The quantitative estimate of drug-likeness (QED) is 0.422. The van der Waals surface area contributed by atoms with Crippen molar-refractivity contribution < 1.29 is 9.18 Å². The molecule has 0 radical (unpaired) electrons. The third-order valence-electron chi connectivity index (χ3n) is 5.27. The maximum Gasteiger partial charge on any atom is 0.254 e. The van der Waals surface area contributed by atoms with Gasteiger partial charge >= 0.3 is 0 Å². The molecule has 152 valence electrons. The van der Waals surface area contributed by atoms with Gasteiger partial charge in [0.25, 0.3) is 5.91 Å². The number of aryl methyl sites for hydroxylation is 1. The van der Waals surface area contributed by atoms with E-state index in [1.807, 2.05) is 17.0 Å². The van der Waals surface area contributed by atoms with Crippen molar-refractivity contribution in [3.63, 3.8) is 0 Å². The Bertz CT molecular complexity index is 947. The highest BCUT2D eigenvalue weighted by Gasteiger charge is 2.18. The number of rotatable bonds is 9. The van der Waals surface area contributed by atoms with Crippen LogP contribution < -0.4 is 0 Å². The number of benzene rings is 2. The number of unbranched alkanes of at least 4 members (excludes halogenated alkanes) is 2. The molecular weight excluding hydrogens is 363 g/mol. The first-order valence-electron chi connectivity index (χ1n) is 10.3. The highest BCUT2D eigenvalue weighted by atomic mass is 19.1. The van der Waals surface area contributed by atoms with Gasteiger partial charge in [-0.3, -0.25) is 4.79 Å². The van der Waals surface area contributed by atoms with Crippen LogP contribution in [0.2, 0.25) is 0 Å². The van der Waals surface area contributed by atoms with Crippen molar-refractivity contribution in [3.8, 4) is 0 Å². The van der Waals surface area contributed by atoms with Crippen molar-refractivity contribution in [1.29, 1.82) is 0 Å². The zero-order valence-electron chi connectivity index (χ0n) is 17.3. The summed E-state index contributed by atoms with van der Waals surface area (Å²) in [6.45, 7) is 6.21. The Hall–Kier alpha value is -2.88. The summed E-state index contributed by atoms with van der Waals surface area (Å²) in [6, 6.07) is 18.4. The molecule has 0 bridgehead atoms. The van der Waals surface area contributed by atoms with Crippen molar-refractivity contribution in [3.05, 3.63) is 95.1 Å². The minimum absolute atomic E-state index is 0.121. The smallest absolute Gasteiger partial charge is 0.254 e. The predicted molar refractivity (Wildman–Crippen MR) is 115 cm³/mol. The minimum atomic E-state index is -0.382. The van der Waals surface area contributed by atoms with Crippen molar-refractivity contribution in [1.82, 2.24) is 9.47 Å². The summed E-state index contributed by atoms with van der Waals surface area (Å²) < 4.78 is 15.8. The summed E-state index contributed by atoms with van der Waals surface area (Å²) >= 11 is 0. The summed E-state index contributed by atoms with van der Waals surface area (Å²) in [5.74, 6) is -0.503. The molecule has 0 aliphatic carbocycles. The SMILES string of the molecule is CCCCCN(Cc1cccn1Cc1ccccc1C)C(=O)c1cccc(F)c1. The van der Waals surface area contributed by atoms with Crippen LogP contribution in [0.15, 0.2) is 66.9 Å². The van der Waals surface area contributed by atoms with Gasteiger partial charge in [-0.2, -0.15) is 0 Å². The fourth-order valence-electron chi connectivity index (χ4n) is 3.52. The first-order valence-corrected chi connectivity index (χ1v) is 10.3. The molecule has 0 N–H and O–H groups in total. The third-order valence-corrected chi connectivity index (χ3v) is 5.27. The molecule has 29 heavy (non-hydrogen) atoms. The fraction of sp³-hybridized carbons (Fsp3) is 0.320. The molecule has 4 heteroatoms. The molecule has 1 aromatic heterocycles. The second kappa shape index (κ2) is 10.1. The number of amides is 1. The molecule has 3 nitrogen and oxygen atoms in total. The van der Waals surface area contributed by atoms with Crippen LogP contribution >= 0.6 is 0 Å². The lowest BCUT2D eigenvalue weighted by Gasteiger charge is -2.24. The molecule has 3 rings (SSSR count). The lowest BCUT2D eigenvalue weighted by atomic mass is 10.1. The van der Waals surface area contributed by atoms with Crippen molar-refractivity contribution in [2.24, 2.45) is 0 Å². The van der Waals surface area contributed by atoms with Crippen LogP contribution in [-0.4, -0.2) is 21.9 Å². The number of aromatic nitrogens is 1. The van der Waals surface area contributed by atoms with E-state index in [-0.39, 0.29) is 11.7 Å². The molecule has 0 saturated carbocycles. The monoisotopic (exact) mass is 392 g/mol. The van der Waals surface area contributed by atoms with Crippen molar-refractivity contribution in [2.75, 3.05) is 6.54 Å². The lowest BCUT2D eigenvalue weighted by Crippen LogP contribution is -2.32. The first kappa shape index (κ1) is 20.8. The maximum absolute atomic E-state index is 13.6. The Morgan fingerprint density at radius 1 is 1.03 bits per heavy atom. The molecule has 0 spiro atoms. The van der Waals surface area contributed by atoms with Crippen LogP contribution in [0.4, 0.5) is 4.39 Å². The molecule has 1 amide bonds. The van der Waals surface area contributed by atoms with Crippen molar-refractivity contribution >= 4 is 5.91 Å². The molecule has 2 aromatic carbocycles. The van der Waals surface area contributed by atoms with Gasteiger partial charge in [-0.25, -0.2) is 4.39 Å². The second-order valence-corrected chi connectivity index (χ2v) is 7.50. The Kier molecular flexibility index (Phi) is 7.23. The number of hydrogen-bond acceptors (Lipinski definition) is 1. The van der Waals surface area contributed by atoms with Gasteiger partial charge in [0, 0.05) is 30.5 Å². The van der Waals surface area contributed by atoms with Gasteiger partial charge in [0.15, 0.2) is 0 Å². The third kappa shape index (κ3) is 5.57. The molecule has 0 fully saturated rings. The standard InChI is InChI=1S/C25H29FN2O/c1-3-4-7-15-28(25(29)21-12-8-13-23(26)17-21)19-24-14-9-16-27(24)18-22-11-6-5-10-20(22)2/h5-6,8-14,16-17H,3-4,7,15,18-19H2,1-2H3. The highest BCUT2D eigenvalue weighted by molar-refractivity contribution is 5.94. The van der Waals surface area contributed by atoms with E-state index in [1.54, 1.807) is 12.1 Å². The number of nitrogens with zero attached hydrogens (tertiary/aromatic N) is 2. The number of hydrogen-bond donors (Lipinski definition) is 0. The normalized spacial score (nSPS) is 10.9. The molecule has 3 aromatic rings. The molecule has 0 aliphatic rings. The average Bonchev–Trinajstić information content (AvgIpc) is 3.15. The molecule has 1 heterocycles. The lowest BCUT2D eigenvalue weighted by molar-refractivity contribution is 0.0736. The molecule has 0 atom stereocenters. The van der Waals surface area contributed by atoms with Gasteiger partial charge in [0.2, 0.25) is 0 Å². The van der Waals surface area contributed by atoms with Gasteiger partial charge in [-0.15, -0.1) is 0 Å². The summed E-state index contributed by atoms with van der Waals surface area (Å²) in [5, 5.41) is 0. The van der Waals surface area contributed by atoms with E-state index in [1.165, 1.54) is 23.3 Å². The van der Waals surface area contributed by atoms with Crippen LogP contribution in [0, 0.1) is 12.7 Å². The van der Waals surface area contributed by atoms with Gasteiger partial charge in [-0.05, 0) is 54.8 Å². The number of halogens is 1. The maximum atomic E-state index is 13.6. The molecule has 0 aliphatic heterocycles. The van der Waals surface area contributed by atoms with E-state index in [0.29, 0.717) is 18.7 Å². The van der Waals surface area contributed by atoms with Crippen molar-refractivity contribution in [2.45, 2.75) is 46.2 Å². The first-order chi connectivity index (χ1) is 14.1. The summed E-state index contributed by atoms with van der Waals surface area (Å²) in [5.41, 5.74) is 4.00. The van der Waals surface area contributed by atoms with E-state index in [0.717, 1.165) is 31.5 Å². The van der Waals surface area contributed by atoms with Crippen LogP contribution in [0.5, 0.6) is 0 Å². The van der Waals surface area contributed by atoms with E-state index in [2.05, 4.69) is 48.9 Å².